The zero-order valence-corrected chi connectivity index (χ0v) is 16.8. The average Bonchev–Trinajstić information content (AvgIpc) is 2.65. The molecule has 1 N–H and O–H groups in total. The summed E-state index contributed by atoms with van der Waals surface area (Å²) < 4.78 is 0. The molecule has 0 aliphatic heterocycles. The Kier molecular flexibility index (Phi) is 15.6. The molecular formula is C23H42N2. The van der Waals surface area contributed by atoms with E-state index in [2.05, 4.69) is 17.2 Å². The Morgan fingerprint density at radius 2 is 1.12 bits per heavy atom. The first-order valence-electron chi connectivity index (χ1n) is 11.1. The molecule has 1 aromatic rings. The maximum atomic E-state index is 4.28. The summed E-state index contributed by atoms with van der Waals surface area (Å²) in [7, 11) is 0. The zero-order chi connectivity index (χ0) is 17.8. The molecule has 0 unspecified atom stereocenters. The van der Waals surface area contributed by atoms with Crippen LogP contribution in [-0.4, -0.2) is 11.5 Å². The molecule has 0 aromatic carbocycles. The van der Waals surface area contributed by atoms with E-state index in [0.29, 0.717) is 0 Å². The lowest BCUT2D eigenvalue weighted by atomic mass is 10.0. The smallest absolute Gasteiger partial charge is 0.125 e. The Bertz CT molecular complexity index is 364. The lowest BCUT2D eigenvalue weighted by Gasteiger charge is -2.05. The highest BCUT2D eigenvalue weighted by atomic mass is 15.0. The maximum absolute atomic E-state index is 4.28. The van der Waals surface area contributed by atoms with Crippen molar-refractivity contribution in [3.8, 4) is 0 Å². The van der Waals surface area contributed by atoms with Crippen LogP contribution in [0.4, 0.5) is 5.82 Å². The molecule has 0 atom stereocenters. The topological polar surface area (TPSA) is 24.9 Å². The van der Waals surface area contributed by atoms with Crippen molar-refractivity contribution in [2.45, 2.75) is 110 Å². The number of rotatable bonds is 18. The predicted octanol–water partition coefficient (Wildman–Crippen LogP) is 7.76. The van der Waals surface area contributed by atoms with Crippen LogP contribution in [0.3, 0.4) is 0 Å². The maximum Gasteiger partial charge on any atom is 0.125 e. The van der Waals surface area contributed by atoms with Crippen molar-refractivity contribution in [1.82, 2.24) is 4.98 Å². The highest BCUT2D eigenvalue weighted by Gasteiger charge is 1.95. The molecule has 0 saturated carbocycles. The molecule has 0 bridgehead atoms. The fourth-order valence-corrected chi connectivity index (χ4v) is 3.36. The Balaban J connectivity index is 1.69. The van der Waals surface area contributed by atoms with Crippen LogP contribution < -0.4 is 5.32 Å². The third kappa shape index (κ3) is 15.0. The van der Waals surface area contributed by atoms with Crippen molar-refractivity contribution in [3.05, 3.63) is 24.4 Å². The Morgan fingerprint density at radius 1 is 0.640 bits per heavy atom. The van der Waals surface area contributed by atoms with Crippen LogP contribution in [0.1, 0.15) is 110 Å². The third-order valence-corrected chi connectivity index (χ3v) is 5.00. The standard InChI is InChI=1S/C23H42N2/c1-2-3-4-5-6-7-8-9-10-11-12-13-14-15-16-18-21-24-23-20-17-19-22-25-23/h17,19-20,22H,2-16,18,21H2,1H3,(H,24,25). The molecule has 2 nitrogen and oxygen atoms in total. The van der Waals surface area contributed by atoms with Crippen LogP contribution in [-0.2, 0) is 0 Å². The first-order valence-corrected chi connectivity index (χ1v) is 11.1. The summed E-state index contributed by atoms with van der Waals surface area (Å²) >= 11 is 0. The van der Waals surface area contributed by atoms with Crippen molar-refractivity contribution in [1.29, 1.82) is 0 Å². The van der Waals surface area contributed by atoms with E-state index in [1.807, 2.05) is 24.4 Å². The number of aromatic nitrogens is 1. The third-order valence-electron chi connectivity index (χ3n) is 5.00. The first-order chi connectivity index (χ1) is 12.4. The molecule has 0 fully saturated rings. The monoisotopic (exact) mass is 346 g/mol. The second-order valence-electron chi connectivity index (χ2n) is 7.45. The highest BCUT2D eigenvalue weighted by molar-refractivity contribution is 5.32. The quantitative estimate of drug-likeness (QED) is 0.275. The summed E-state index contributed by atoms with van der Waals surface area (Å²) in [6.45, 7) is 3.34. The number of pyridine rings is 1. The molecule has 2 heteroatoms. The van der Waals surface area contributed by atoms with Crippen molar-refractivity contribution in [3.63, 3.8) is 0 Å². The largest absolute Gasteiger partial charge is 0.370 e. The molecule has 0 saturated heterocycles. The van der Waals surface area contributed by atoms with Gasteiger partial charge in [-0.15, -0.1) is 0 Å². The average molecular weight is 347 g/mol. The molecule has 0 spiro atoms. The van der Waals surface area contributed by atoms with Gasteiger partial charge in [-0.1, -0.05) is 109 Å². The van der Waals surface area contributed by atoms with Gasteiger partial charge in [-0.25, -0.2) is 4.98 Å². The van der Waals surface area contributed by atoms with Crippen molar-refractivity contribution >= 4 is 5.82 Å². The normalized spacial score (nSPS) is 10.9. The number of hydrogen-bond acceptors (Lipinski definition) is 2. The minimum absolute atomic E-state index is 1.00. The number of unbranched alkanes of at least 4 members (excludes halogenated alkanes) is 15. The second kappa shape index (κ2) is 17.8. The highest BCUT2D eigenvalue weighted by Crippen LogP contribution is 2.13. The minimum atomic E-state index is 1.00. The Morgan fingerprint density at radius 3 is 1.56 bits per heavy atom. The summed E-state index contributed by atoms with van der Waals surface area (Å²) in [5, 5.41) is 3.38. The Hall–Kier alpha value is -1.05. The summed E-state index contributed by atoms with van der Waals surface area (Å²) in [5.74, 6) is 1.00. The van der Waals surface area contributed by atoms with E-state index in [1.165, 1.54) is 103 Å². The van der Waals surface area contributed by atoms with Gasteiger partial charge in [-0.05, 0) is 18.6 Å². The second-order valence-corrected chi connectivity index (χ2v) is 7.45. The number of nitrogens with zero attached hydrogens (tertiary/aromatic N) is 1. The number of hydrogen-bond donors (Lipinski definition) is 1. The molecule has 0 aliphatic rings. The van der Waals surface area contributed by atoms with Gasteiger partial charge in [0.15, 0.2) is 0 Å². The summed E-state index contributed by atoms with van der Waals surface area (Å²) in [5.41, 5.74) is 0. The van der Waals surface area contributed by atoms with Crippen LogP contribution in [0.15, 0.2) is 24.4 Å². The molecular weight excluding hydrogens is 304 g/mol. The molecule has 144 valence electrons. The van der Waals surface area contributed by atoms with Crippen LogP contribution in [0.25, 0.3) is 0 Å². The van der Waals surface area contributed by atoms with Crippen LogP contribution in [0.2, 0.25) is 0 Å². The van der Waals surface area contributed by atoms with Crippen molar-refractivity contribution < 1.29 is 0 Å². The number of nitrogens with one attached hydrogen (secondary N) is 1. The van der Waals surface area contributed by atoms with Crippen LogP contribution >= 0.6 is 0 Å². The Labute approximate surface area is 157 Å². The fourth-order valence-electron chi connectivity index (χ4n) is 3.36. The SMILES string of the molecule is CCCCCCCCCCCCCCCCCCNc1ccccn1. The van der Waals surface area contributed by atoms with E-state index in [0.717, 1.165) is 12.4 Å². The fraction of sp³-hybridized carbons (Fsp3) is 0.783. The molecule has 25 heavy (non-hydrogen) atoms. The van der Waals surface area contributed by atoms with Crippen molar-refractivity contribution in [2.24, 2.45) is 0 Å². The molecule has 0 aliphatic carbocycles. The van der Waals surface area contributed by atoms with Gasteiger partial charge in [-0.2, -0.15) is 0 Å². The van der Waals surface area contributed by atoms with Gasteiger partial charge in [0.1, 0.15) is 5.82 Å². The number of anilines is 1. The molecule has 1 aromatic heterocycles. The van der Waals surface area contributed by atoms with Crippen LogP contribution in [0, 0.1) is 0 Å². The van der Waals surface area contributed by atoms with Crippen LogP contribution in [0.5, 0.6) is 0 Å². The zero-order valence-electron chi connectivity index (χ0n) is 16.8. The van der Waals surface area contributed by atoms with Gasteiger partial charge in [0.05, 0.1) is 0 Å². The van der Waals surface area contributed by atoms with Gasteiger partial charge in [0.25, 0.3) is 0 Å². The molecule has 1 heterocycles. The summed E-state index contributed by atoms with van der Waals surface area (Å²) in [4.78, 5) is 4.28. The van der Waals surface area contributed by atoms with Gasteiger partial charge < -0.3 is 5.32 Å². The lowest BCUT2D eigenvalue weighted by molar-refractivity contribution is 0.530. The van der Waals surface area contributed by atoms with Crippen molar-refractivity contribution in [2.75, 3.05) is 11.9 Å². The van der Waals surface area contributed by atoms with Gasteiger partial charge in [-0.3, -0.25) is 0 Å². The van der Waals surface area contributed by atoms with E-state index < -0.39 is 0 Å². The van der Waals surface area contributed by atoms with Gasteiger partial charge >= 0.3 is 0 Å². The first kappa shape index (κ1) is 22.0. The van der Waals surface area contributed by atoms with E-state index in [1.54, 1.807) is 0 Å². The molecule has 0 amide bonds. The van der Waals surface area contributed by atoms with E-state index in [9.17, 15) is 0 Å². The lowest BCUT2D eigenvalue weighted by Crippen LogP contribution is -2.02. The van der Waals surface area contributed by atoms with Gasteiger partial charge in [0, 0.05) is 12.7 Å². The molecule has 0 radical (unpaired) electrons. The van der Waals surface area contributed by atoms with E-state index in [-0.39, 0.29) is 0 Å². The summed E-state index contributed by atoms with van der Waals surface area (Å²) in [6.07, 6.45) is 24.6. The minimum Gasteiger partial charge on any atom is -0.370 e. The van der Waals surface area contributed by atoms with Gasteiger partial charge in [0.2, 0.25) is 0 Å². The van der Waals surface area contributed by atoms with E-state index >= 15 is 0 Å². The summed E-state index contributed by atoms with van der Waals surface area (Å²) in [6, 6.07) is 6.02. The van der Waals surface area contributed by atoms with E-state index in [4.69, 9.17) is 0 Å². The molecule has 1 rings (SSSR count). The predicted molar refractivity (Wildman–Crippen MR) is 112 cm³/mol.